The summed E-state index contributed by atoms with van der Waals surface area (Å²) in [5.74, 6) is -1.80. The number of benzene rings is 1. The zero-order valence-electron chi connectivity index (χ0n) is 11.5. The van der Waals surface area contributed by atoms with E-state index in [0.717, 1.165) is 0 Å². The van der Waals surface area contributed by atoms with Crippen molar-refractivity contribution in [3.8, 4) is 5.75 Å². The minimum atomic E-state index is -1.18. The van der Waals surface area contributed by atoms with E-state index < -0.39 is 24.5 Å². The van der Waals surface area contributed by atoms with E-state index >= 15 is 0 Å². The van der Waals surface area contributed by atoms with Crippen LogP contribution >= 0.6 is 15.9 Å². The van der Waals surface area contributed by atoms with Crippen LogP contribution in [0.25, 0.3) is 0 Å². The molecule has 3 amide bonds. The van der Waals surface area contributed by atoms with Crippen molar-refractivity contribution >= 4 is 33.8 Å². The van der Waals surface area contributed by atoms with Gasteiger partial charge in [0.2, 0.25) is 0 Å². The number of ether oxygens (including phenoxy) is 1. The van der Waals surface area contributed by atoms with Gasteiger partial charge in [0, 0.05) is 10.5 Å². The molecule has 0 heterocycles. The zero-order chi connectivity index (χ0) is 16.0. The molecule has 3 N–H and O–H groups in total. The first-order valence-corrected chi connectivity index (χ1v) is 6.85. The highest BCUT2D eigenvalue weighted by Crippen LogP contribution is 2.23. The molecule has 7 nitrogen and oxygen atoms in total. The Kier molecular flexibility index (Phi) is 6.16. The Balaban J connectivity index is 2.61. The minimum absolute atomic E-state index is 0.0464. The summed E-state index contributed by atoms with van der Waals surface area (Å²) >= 11 is 3.15. The van der Waals surface area contributed by atoms with Crippen molar-refractivity contribution in [1.82, 2.24) is 10.6 Å². The number of rotatable bonds is 5. The van der Waals surface area contributed by atoms with Crippen molar-refractivity contribution < 1.29 is 24.2 Å². The number of imide groups is 1. The molecule has 0 aromatic heterocycles. The summed E-state index contributed by atoms with van der Waals surface area (Å²) in [5.41, 5.74) is -0.0798. The summed E-state index contributed by atoms with van der Waals surface area (Å²) in [5, 5.41) is 13.6. The van der Waals surface area contributed by atoms with Crippen LogP contribution in [0.1, 0.15) is 24.2 Å². The molecule has 1 aromatic carbocycles. The number of carboxylic acids is 1. The standard InChI is InChI=1S/C13H15BrN2O5/c1-7(2)15-13(20)16-11(17)6-21-10-4-3-8(14)5-9(10)12(18)19/h3-5,7H,6H2,1-2H3,(H,18,19)(H2,15,16,17,20). The molecule has 0 aliphatic heterocycles. The summed E-state index contributed by atoms with van der Waals surface area (Å²) < 4.78 is 5.70. The van der Waals surface area contributed by atoms with Gasteiger partial charge in [0.15, 0.2) is 6.61 Å². The van der Waals surface area contributed by atoms with Crippen LogP contribution in [-0.4, -0.2) is 35.7 Å². The number of nitrogens with one attached hydrogen (secondary N) is 2. The van der Waals surface area contributed by atoms with Crippen LogP contribution in [0.4, 0.5) is 4.79 Å². The van der Waals surface area contributed by atoms with Gasteiger partial charge >= 0.3 is 12.0 Å². The molecule has 0 aliphatic carbocycles. The van der Waals surface area contributed by atoms with Gasteiger partial charge < -0.3 is 15.2 Å². The highest BCUT2D eigenvalue weighted by Gasteiger charge is 2.14. The first kappa shape index (κ1) is 17.0. The van der Waals surface area contributed by atoms with Crippen molar-refractivity contribution in [1.29, 1.82) is 0 Å². The molecule has 0 atom stereocenters. The van der Waals surface area contributed by atoms with Gasteiger partial charge in [-0.1, -0.05) is 15.9 Å². The van der Waals surface area contributed by atoms with Crippen molar-refractivity contribution in [2.75, 3.05) is 6.61 Å². The third kappa shape index (κ3) is 5.82. The Hall–Kier alpha value is -2.09. The molecular weight excluding hydrogens is 344 g/mol. The second-order valence-electron chi connectivity index (χ2n) is 4.41. The summed E-state index contributed by atoms with van der Waals surface area (Å²) in [6.45, 7) is 3.04. The molecule has 0 spiro atoms. The van der Waals surface area contributed by atoms with Gasteiger partial charge in [-0.25, -0.2) is 9.59 Å². The number of carboxylic acid groups (broad SMARTS) is 1. The molecule has 0 fully saturated rings. The molecule has 0 saturated carbocycles. The fraction of sp³-hybridized carbons (Fsp3) is 0.308. The number of hydrogen-bond acceptors (Lipinski definition) is 4. The Morgan fingerprint density at radius 3 is 2.57 bits per heavy atom. The molecular formula is C13H15BrN2O5. The summed E-state index contributed by atoms with van der Waals surface area (Å²) in [7, 11) is 0. The second kappa shape index (κ2) is 7.63. The van der Waals surface area contributed by atoms with E-state index in [4.69, 9.17) is 9.84 Å². The third-order valence-electron chi connectivity index (χ3n) is 2.20. The Morgan fingerprint density at radius 2 is 2.00 bits per heavy atom. The van der Waals surface area contributed by atoms with Gasteiger partial charge in [-0.3, -0.25) is 10.1 Å². The Morgan fingerprint density at radius 1 is 1.33 bits per heavy atom. The summed E-state index contributed by atoms with van der Waals surface area (Å²) in [4.78, 5) is 33.9. The van der Waals surface area contributed by atoms with Gasteiger partial charge in [-0.05, 0) is 32.0 Å². The smallest absolute Gasteiger partial charge is 0.339 e. The largest absolute Gasteiger partial charge is 0.483 e. The van der Waals surface area contributed by atoms with Crippen molar-refractivity contribution in [3.05, 3.63) is 28.2 Å². The van der Waals surface area contributed by atoms with Gasteiger partial charge in [-0.15, -0.1) is 0 Å². The lowest BCUT2D eigenvalue weighted by Crippen LogP contribution is -2.44. The van der Waals surface area contributed by atoms with Crippen LogP contribution in [0.15, 0.2) is 22.7 Å². The maximum Gasteiger partial charge on any atom is 0.339 e. The summed E-state index contributed by atoms with van der Waals surface area (Å²) in [6.07, 6.45) is 0. The van der Waals surface area contributed by atoms with Gasteiger partial charge in [-0.2, -0.15) is 0 Å². The van der Waals surface area contributed by atoms with Crippen LogP contribution in [0.5, 0.6) is 5.75 Å². The van der Waals surface area contributed by atoms with E-state index in [1.807, 2.05) is 0 Å². The predicted octanol–water partition coefficient (Wildman–Crippen LogP) is 1.76. The van der Waals surface area contributed by atoms with E-state index in [0.29, 0.717) is 4.47 Å². The lowest BCUT2D eigenvalue weighted by Gasteiger charge is -2.11. The van der Waals surface area contributed by atoms with Crippen molar-refractivity contribution in [2.45, 2.75) is 19.9 Å². The number of carbonyl (C=O) groups is 3. The lowest BCUT2D eigenvalue weighted by molar-refractivity contribution is -0.122. The van der Waals surface area contributed by atoms with Gasteiger partial charge in [0.1, 0.15) is 11.3 Å². The highest BCUT2D eigenvalue weighted by atomic mass is 79.9. The first-order chi connectivity index (χ1) is 9.79. The normalized spacial score (nSPS) is 10.1. The predicted molar refractivity (Wildman–Crippen MR) is 78.4 cm³/mol. The second-order valence-corrected chi connectivity index (χ2v) is 5.33. The number of amides is 3. The van der Waals surface area contributed by atoms with E-state index in [-0.39, 0.29) is 17.4 Å². The van der Waals surface area contributed by atoms with E-state index in [9.17, 15) is 14.4 Å². The SMILES string of the molecule is CC(C)NC(=O)NC(=O)COc1ccc(Br)cc1C(=O)O. The molecule has 8 heteroatoms. The van der Waals surface area contributed by atoms with Gasteiger partial charge in [0.25, 0.3) is 5.91 Å². The number of halogens is 1. The monoisotopic (exact) mass is 358 g/mol. The number of carbonyl (C=O) groups excluding carboxylic acids is 2. The molecule has 0 unspecified atom stereocenters. The number of aromatic carboxylic acids is 1. The molecule has 21 heavy (non-hydrogen) atoms. The molecule has 0 aliphatic rings. The van der Waals surface area contributed by atoms with Crippen LogP contribution in [0, 0.1) is 0 Å². The lowest BCUT2D eigenvalue weighted by atomic mass is 10.2. The van der Waals surface area contributed by atoms with Crippen LogP contribution < -0.4 is 15.4 Å². The van der Waals surface area contributed by atoms with Crippen LogP contribution in [0.3, 0.4) is 0 Å². The minimum Gasteiger partial charge on any atom is -0.483 e. The topological polar surface area (TPSA) is 105 Å². The number of urea groups is 1. The van der Waals surface area contributed by atoms with E-state index in [2.05, 4.69) is 26.6 Å². The van der Waals surface area contributed by atoms with Gasteiger partial charge in [0.05, 0.1) is 0 Å². The van der Waals surface area contributed by atoms with Crippen LogP contribution in [0.2, 0.25) is 0 Å². The molecule has 114 valence electrons. The number of hydrogen-bond donors (Lipinski definition) is 3. The average molecular weight is 359 g/mol. The fourth-order valence-corrected chi connectivity index (χ4v) is 1.76. The quantitative estimate of drug-likeness (QED) is 0.743. The fourth-order valence-electron chi connectivity index (χ4n) is 1.40. The maximum atomic E-state index is 11.5. The van der Waals surface area contributed by atoms with E-state index in [1.165, 1.54) is 12.1 Å². The summed E-state index contributed by atoms with van der Waals surface area (Å²) in [6, 6.07) is 3.64. The van der Waals surface area contributed by atoms with E-state index in [1.54, 1.807) is 19.9 Å². The molecule has 1 rings (SSSR count). The average Bonchev–Trinajstić information content (AvgIpc) is 2.35. The zero-order valence-corrected chi connectivity index (χ0v) is 13.1. The molecule has 0 bridgehead atoms. The van der Waals surface area contributed by atoms with Crippen LogP contribution in [-0.2, 0) is 4.79 Å². The molecule has 0 saturated heterocycles. The Bertz CT molecular complexity index is 559. The Labute approximate surface area is 129 Å². The maximum absolute atomic E-state index is 11.5. The molecule has 1 aromatic rings. The molecule has 0 radical (unpaired) electrons. The van der Waals surface area contributed by atoms with Crippen molar-refractivity contribution in [3.63, 3.8) is 0 Å². The highest BCUT2D eigenvalue weighted by molar-refractivity contribution is 9.10. The van der Waals surface area contributed by atoms with Crippen molar-refractivity contribution in [2.24, 2.45) is 0 Å². The first-order valence-electron chi connectivity index (χ1n) is 6.05. The third-order valence-corrected chi connectivity index (χ3v) is 2.70.